The maximum absolute atomic E-state index is 12.0. The van der Waals surface area contributed by atoms with Gasteiger partial charge in [-0.25, -0.2) is 29.7 Å². The summed E-state index contributed by atoms with van der Waals surface area (Å²) < 4.78 is 22.7. The normalized spacial score (nSPS) is 13.2. The molecular weight excluding hydrogens is 1900 g/mol. The van der Waals surface area contributed by atoms with Crippen LogP contribution in [0, 0.1) is 0 Å². The number of anilines is 4. The zero-order valence-electron chi connectivity index (χ0n) is 69.6. The van der Waals surface area contributed by atoms with Crippen molar-refractivity contribution in [2.75, 3.05) is 86.1 Å². The summed E-state index contributed by atoms with van der Waals surface area (Å²) in [6, 6.07) is 61.7. The number of rotatable bonds is 17. The largest absolute Gasteiger partial charge is 0.342 e. The molecule has 14 heterocycles. The Morgan fingerprint density at radius 1 is 0.456 bits per heavy atom. The minimum absolute atomic E-state index is 0.139. The molecule has 25 nitrogen and oxygen atoms in total. The highest BCUT2D eigenvalue weighted by atomic mass is 79.9. The molecule has 5 aromatic carbocycles. The fourth-order valence-corrected chi connectivity index (χ4v) is 15.5. The number of hydrogen-bond donors (Lipinski definition) is 3. The van der Waals surface area contributed by atoms with Crippen molar-refractivity contribution in [2.45, 2.75) is 97.4 Å². The van der Waals surface area contributed by atoms with Crippen LogP contribution in [0.1, 0.15) is 91.7 Å². The number of nitrogens with zero attached hydrogens (tertiary/aromatic N) is 18. The number of aromatic amines is 1. The van der Waals surface area contributed by atoms with Gasteiger partial charge >= 0.3 is 10.9 Å². The van der Waals surface area contributed by atoms with Gasteiger partial charge in [-0.2, -0.15) is 19.9 Å². The lowest BCUT2D eigenvalue weighted by atomic mass is 10.2. The number of allylic oxidation sites excluding steroid dienone is 1. The molecule has 10 aromatic heterocycles. The first-order valence-electron chi connectivity index (χ1n) is 40.9. The molecule has 4 saturated heterocycles. The molecule has 0 spiro atoms. The highest BCUT2D eigenvalue weighted by Gasteiger charge is 2.26. The van der Waals surface area contributed by atoms with E-state index in [4.69, 9.17) is 38.2 Å². The number of carbonyl (C=O) groups excluding carboxylic acids is 2. The number of aryl methyl sites for hydroxylation is 1. The molecule has 1 amide bonds. The average Bonchev–Trinajstić information content (AvgIpc) is 1.64. The van der Waals surface area contributed by atoms with Crippen LogP contribution in [0.4, 0.5) is 23.5 Å². The molecule has 4 N–H and O–H groups in total. The number of imidazole rings is 5. The van der Waals surface area contributed by atoms with Gasteiger partial charge in [-0.1, -0.05) is 172 Å². The first-order valence-corrected chi connectivity index (χ1v) is 48.4. The third-order valence-electron chi connectivity index (χ3n) is 20.4. The van der Waals surface area contributed by atoms with Gasteiger partial charge in [0.1, 0.15) is 0 Å². The van der Waals surface area contributed by atoms with Gasteiger partial charge in [0.15, 0.2) is 28.2 Å². The number of carbonyl (C=O) groups is 2. The highest BCUT2D eigenvalue weighted by molar-refractivity contribution is 9.11. The van der Waals surface area contributed by atoms with Crippen molar-refractivity contribution in [3.05, 3.63) is 301 Å². The van der Waals surface area contributed by atoms with Gasteiger partial charge in [0.05, 0.1) is 72.2 Å². The van der Waals surface area contributed by atoms with E-state index in [0.717, 1.165) is 146 Å². The summed E-state index contributed by atoms with van der Waals surface area (Å²) in [5.41, 5.74) is 21.0. The lowest BCUT2D eigenvalue weighted by Crippen LogP contribution is -2.24. The molecule has 0 saturated carbocycles. The van der Waals surface area contributed by atoms with Crippen LogP contribution in [0.25, 0.3) is 55.8 Å². The number of benzene rings is 5. The Balaban J connectivity index is 0.000000146. The predicted molar refractivity (Wildman–Crippen MR) is 522 cm³/mol. The van der Waals surface area contributed by atoms with Crippen LogP contribution in [0.3, 0.4) is 0 Å². The molecule has 125 heavy (non-hydrogen) atoms. The van der Waals surface area contributed by atoms with E-state index in [0.29, 0.717) is 41.9 Å². The minimum atomic E-state index is -3.22. The van der Waals surface area contributed by atoms with E-state index in [1.54, 1.807) is 35.1 Å². The number of pyridine rings is 5. The van der Waals surface area contributed by atoms with Crippen molar-refractivity contribution in [3.8, 4) is 0 Å². The number of amides is 1. The molecule has 4 aliphatic rings. The van der Waals surface area contributed by atoms with Crippen molar-refractivity contribution in [1.82, 2.24) is 78.0 Å². The number of H-pyrrole nitrogens is 1. The zero-order valence-corrected chi connectivity index (χ0v) is 79.0. The highest BCUT2D eigenvalue weighted by Crippen LogP contribution is 2.61. The molecule has 0 atom stereocenters. The third-order valence-corrected chi connectivity index (χ3v) is 22.1. The smallest absolute Gasteiger partial charge is 0.339 e. The van der Waals surface area contributed by atoms with Gasteiger partial charge in [0.2, 0.25) is 34.3 Å². The Morgan fingerprint density at radius 3 is 1.14 bits per heavy atom. The van der Waals surface area contributed by atoms with Crippen LogP contribution in [-0.2, 0) is 53.3 Å². The minimum Gasteiger partial charge on any atom is -0.342 e. The second-order valence-electron chi connectivity index (χ2n) is 29.0. The van der Waals surface area contributed by atoms with Crippen molar-refractivity contribution < 1.29 is 14.2 Å². The van der Waals surface area contributed by atoms with Gasteiger partial charge in [-0.15, -0.1) is 0 Å². The molecule has 0 aliphatic carbocycles. The summed E-state index contributed by atoms with van der Waals surface area (Å²) in [7, 11) is 3.23. The third kappa shape index (κ3) is 27.8. The van der Waals surface area contributed by atoms with E-state index >= 15 is 0 Å². The van der Waals surface area contributed by atoms with E-state index in [2.05, 4.69) is 273 Å². The molecule has 34 heteroatoms. The fourth-order valence-electron chi connectivity index (χ4n) is 14.3. The molecule has 4 fully saturated rings. The van der Waals surface area contributed by atoms with Crippen molar-refractivity contribution >= 4 is 200 Å². The lowest BCUT2D eigenvalue weighted by Gasteiger charge is -2.19. The SMILES string of the molecule is Brc1cnc2nc(N3CCCC3)n(Cc3ccccc3)c2c1.C1CCNC1.C=CC(=O)Cl.C=CC(=O)N(C)c1cnc2nc(N3CCCC3)n(Cc3ccccc3)c2c1.CCc1cnc2nc(N3CCCC3)n(Cc3ccccc3)c2c1.CN.Clc1nc2ncc(Br)cc2n1Cc1ccccc1.O=P(Cl)(Cl)Cl.O=c1[nH]c2ncc(Br)cc2n1Cc1ccccc1. The quantitative estimate of drug-likeness (QED) is 0.0434. The summed E-state index contributed by atoms with van der Waals surface area (Å²) in [6.45, 7) is 21.3. The maximum atomic E-state index is 12.0. The Morgan fingerprint density at radius 2 is 0.776 bits per heavy atom. The maximum Gasteiger partial charge on any atom is 0.339 e. The fraction of sp³-hybridized carbons (Fsp3) is 0.275. The number of likely N-dealkylation sites (N-methyl/N-ethyl adjacent to an activating group) is 1. The van der Waals surface area contributed by atoms with E-state index < -0.39 is 10.4 Å². The van der Waals surface area contributed by atoms with E-state index in [1.165, 1.54) is 105 Å². The average molecular weight is 2000 g/mol. The Kier molecular flexibility index (Phi) is 36.8. The molecule has 0 unspecified atom stereocenters. The van der Waals surface area contributed by atoms with E-state index in [9.17, 15) is 18.9 Å². The van der Waals surface area contributed by atoms with Crippen LogP contribution >= 0.6 is 110 Å². The number of halogens is 8. The van der Waals surface area contributed by atoms with E-state index in [-0.39, 0.29) is 11.6 Å². The molecule has 0 radical (unpaired) electrons. The first kappa shape index (κ1) is 95.7. The van der Waals surface area contributed by atoms with Crippen LogP contribution in [0.2, 0.25) is 5.28 Å². The van der Waals surface area contributed by atoms with E-state index in [1.807, 2.05) is 102 Å². The van der Waals surface area contributed by atoms with Gasteiger partial charge in [0.25, 0.3) is 0 Å². The number of nitrogens with one attached hydrogen (secondary N) is 2. The number of nitrogens with two attached hydrogens (primary N) is 1. The first-order chi connectivity index (χ1) is 60.6. The van der Waals surface area contributed by atoms with Crippen molar-refractivity contribution in [3.63, 3.8) is 0 Å². The summed E-state index contributed by atoms with van der Waals surface area (Å²) >= 11 is 35.0. The lowest BCUT2D eigenvalue weighted by molar-refractivity contribution is -0.114. The molecule has 4 aliphatic heterocycles. The summed E-state index contributed by atoms with van der Waals surface area (Å²) in [4.78, 5) is 85.4. The Bertz CT molecular complexity index is 6110. The summed E-state index contributed by atoms with van der Waals surface area (Å²) in [5, 5.41) is -0.0514. The van der Waals surface area contributed by atoms with Gasteiger partial charge in [0, 0.05) is 84.5 Å². The molecule has 0 bridgehead atoms. The standard InChI is InChI=1S/C21H23N5O.C19H22N4.C17H17BrN4.C13H9BrClN3.C13H10BrN3O.C4H9N.C3H3ClO.CH5N.Cl3OP/c1-3-19(27)24(2)17-13-18-20(22-14-17)23-21(25-11-7-8-12-25)26(18)15-16-9-5-4-6-10-16;1-2-15-12-17-18(20-13-15)21-19(22-10-6-7-11-22)23(17)14-16-8-4-3-5-9-16;18-14-10-15-16(19-11-14)20-17(21-8-4-5-9-21)22(15)12-13-6-2-1-3-7-13;14-10-6-11-12(16-7-10)17-13(15)18(11)8-9-4-2-1-3-5-9;14-10-6-11-12(15-7-10)16-13(18)17(11)8-9-4-2-1-3-5-9;1-2-4-5-3-1;1-2-3(4)5;1-2;1-5(2,3)4/h3-6,9-10,13-14H,1,7-8,11-12,15H2,2H3;3-5,8-9,12-13H,2,6-7,10-11,14H2,1H3;1-3,6-7,10-11H,4-5,8-9,12H2;1-7H,8H2;1-7H,8H2,(H,15,16,18);5H,1-4H2;2H,1H2;2H2,1H3;. The second-order valence-corrected chi connectivity index (χ2v) is 39.1. The summed E-state index contributed by atoms with van der Waals surface area (Å²) in [5.74, 6) is 2.91. The van der Waals surface area contributed by atoms with Crippen LogP contribution in [0.5, 0.6) is 0 Å². The molecular formula is C91H98Br3Cl5N21O4P. The number of hydrogen-bond acceptors (Lipinski definition) is 18. The second kappa shape index (κ2) is 48.1. The molecule has 15 aromatic rings. The van der Waals surface area contributed by atoms with Crippen LogP contribution in [0.15, 0.2) is 256 Å². The number of aromatic nitrogens is 15. The molecule has 19 rings (SSSR count). The van der Waals surface area contributed by atoms with Gasteiger partial charge in [-0.05, 0) is 259 Å². The molecule has 652 valence electrons. The van der Waals surface area contributed by atoms with Crippen LogP contribution in [-0.4, -0.2) is 150 Å². The van der Waals surface area contributed by atoms with Crippen LogP contribution < -0.4 is 36.3 Å². The van der Waals surface area contributed by atoms with Gasteiger partial charge in [-0.3, -0.25) is 23.7 Å². The van der Waals surface area contributed by atoms with Crippen molar-refractivity contribution in [1.29, 1.82) is 0 Å². The summed E-state index contributed by atoms with van der Waals surface area (Å²) in [6.07, 6.45) is 22.3. The Hall–Kier alpha value is -9.94. The van der Waals surface area contributed by atoms with Gasteiger partial charge < -0.3 is 48.9 Å². The zero-order chi connectivity index (χ0) is 88.8. The topological polar surface area (TPSA) is 276 Å². The monoisotopic (exact) mass is 1990 g/mol. The number of fused-ring (bicyclic) bond motifs is 5. The van der Waals surface area contributed by atoms with Crippen molar-refractivity contribution in [2.24, 2.45) is 5.73 Å². The Labute approximate surface area is 776 Å². The predicted octanol–water partition coefficient (Wildman–Crippen LogP) is 20.8.